The molecule has 1 heterocycles. The lowest BCUT2D eigenvalue weighted by Crippen LogP contribution is -2.16. The van der Waals surface area contributed by atoms with E-state index in [2.05, 4.69) is 206 Å². The summed E-state index contributed by atoms with van der Waals surface area (Å²) >= 11 is 0. The molecule has 0 saturated heterocycles. The Balaban J connectivity index is 1.16. The number of hydrogen-bond acceptors (Lipinski definition) is 1. The summed E-state index contributed by atoms with van der Waals surface area (Å²) in [7, 11) is -0.881. The van der Waals surface area contributed by atoms with Crippen molar-refractivity contribution in [2.75, 3.05) is 23.7 Å². The summed E-state index contributed by atoms with van der Waals surface area (Å²) < 4.78 is 2.50. The molecule has 55 heavy (non-hydrogen) atoms. The maximum absolute atomic E-state index is 2.50. The number of anilines is 3. The average Bonchev–Trinajstić information content (AvgIpc) is 3.65. The van der Waals surface area contributed by atoms with E-state index in [0.717, 1.165) is 11.4 Å². The van der Waals surface area contributed by atoms with Crippen LogP contribution < -0.4 is 4.90 Å². The Morgan fingerprint density at radius 2 is 1.13 bits per heavy atom. The van der Waals surface area contributed by atoms with Crippen LogP contribution >= 0.6 is 10.0 Å². The fourth-order valence-electron chi connectivity index (χ4n) is 9.62. The molecular formula is C52H42N2S. The summed E-state index contributed by atoms with van der Waals surface area (Å²) in [5, 5.41) is 10.6. The topological polar surface area (TPSA) is 8.17 Å². The van der Waals surface area contributed by atoms with Gasteiger partial charge in [0.05, 0.1) is 11.0 Å². The Kier molecular flexibility index (Phi) is 6.77. The van der Waals surface area contributed by atoms with Gasteiger partial charge in [-0.1, -0.05) is 105 Å². The third-order valence-corrected chi connectivity index (χ3v) is 13.9. The minimum absolute atomic E-state index is 0.172. The van der Waals surface area contributed by atoms with E-state index in [1.54, 1.807) is 0 Å². The van der Waals surface area contributed by atoms with Crippen LogP contribution in [-0.4, -0.2) is 23.3 Å². The molecule has 266 valence electrons. The Hall–Kier alpha value is -6.03. The number of fused-ring (bicyclic) bond motifs is 8. The van der Waals surface area contributed by atoms with Gasteiger partial charge < -0.3 is 9.47 Å². The number of benzene rings is 9. The number of aromatic nitrogens is 1. The molecule has 0 saturated carbocycles. The van der Waals surface area contributed by atoms with Gasteiger partial charge in [0.2, 0.25) is 0 Å². The molecule has 0 N–H and O–H groups in total. The molecule has 0 atom stereocenters. The quantitative estimate of drug-likeness (QED) is 0.160. The molecule has 2 nitrogen and oxygen atoms in total. The van der Waals surface area contributed by atoms with E-state index in [9.17, 15) is 0 Å². The van der Waals surface area contributed by atoms with Gasteiger partial charge in [0.25, 0.3) is 0 Å². The van der Waals surface area contributed by atoms with Crippen molar-refractivity contribution in [2.45, 2.75) is 24.2 Å². The highest BCUT2D eigenvalue weighted by Crippen LogP contribution is 2.55. The summed E-state index contributed by atoms with van der Waals surface area (Å²) in [6, 6.07) is 61.3. The zero-order chi connectivity index (χ0) is 37.2. The number of hydrogen-bond donors (Lipinski definition) is 0. The second kappa shape index (κ2) is 11.5. The van der Waals surface area contributed by atoms with Gasteiger partial charge in [0, 0.05) is 38.9 Å². The van der Waals surface area contributed by atoms with Crippen molar-refractivity contribution < 1.29 is 0 Å². The highest BCUT2D eigenvalue weighted by Gasteiger charge is 2.38. The van der Waals surface area contributed by atoms with Crippen molar-refractivity contribution in [3.63, 3.8) is 0 Å². The van der Waals surface area contributed by atoms with E-state index >= 15 is 0 Å². The van der Waals surface area contributed by atoms with Crippen molar-refractivity contribution in [3.8, 4) is 16.8 Å². The Labute approximate surface area is 323 Å². The second-order valence-corrected chi connectivity index (χ2v) is 20.7. The molecule has 0 bridgehead atoms. The smallest absolute Gasteiger partial charge is 0.0553 e. The van der Waals surface area contributed by atoms with Crippen molar-refractivity contribution >= 4 is 81.2 Å². The Morgan fingerprint density at radius 3 is 1.85 bits per heavy atom. The molecule has 11 rings (SSSR count). The first-order valence-corrected chi connectivity index (χ1v) is 22.1. The maximum atomic E-state index is 2.50. The third-order valence-electron chi connectivity index (χ3n) is 12.2. The molecule has 9 aromatic carbocycles. The van der Waals surface area contributed by atoms with Gasteiger partial charge in [-0.25, -0.2) is 10.0 Å². The van der Waals surface area contributed by atoms with Crippen molar-refractivity contribution in [1.29, 1.82) is 0 Å². The molecule has 1 aromatic heterocycles. The van der Waals surface area contributed by atoms with Gasteiger partial charge in [-0.15, -0.1) is 0 Å². The highest BCUT2D eigenvalue weighted by molar-refractivity contribution is 8.32. The molecule has 10 aromatic rings. The molecule has 1 aliphatic carbocycles. The molecule has 0 spiro atoms. The zero-order valence-corrected chi connectivity index (χ0v) is 32.7. The summed E-state index contributed by atoms with van der Waals surface area (Å²) in [6.07, 6.45) is 7.13. The Bertz CT molecular complexity index is 3110. The largest absolute Gasteiger partial charge is 0.310 e. The molecule has 0 aliphatic heterocycles. The van der Waals surface area contributed by atoms with Crippen molar-refractivity contribution in [1.82, 2.24) is 4.57 Å². The lowest BCUT2D eigenvalue weighted by Gasteiger charge is -2.28. The van der Waals surface area contributed by atoms with E-state index in [0.29, 0.717) is 0 Å². The van der Waals surface area contributed by atoms with Crippen LogP contribution in [0.2, 0.25) is 0 Å². The molecular weight excluding hydrogens is 685 g/mol. The Morgan fingerprint density at radius 1 is 0.473 bits per heavy atom. The van der Waals surface area contributed by atoms with E-state index in [4.69, 9.17) is 0 Å². The fourth-order valence-corrected chi connectivity index (χ4v) is 10.6. The van der Waals surface area contributed by atoms with Crippen LogP contribution in [0, 0.1) is 0 Å². The standard InChI is InChI=1S/C52H42N2S/c1-52(2)44-32-38(53(35-15-8-6-9-16-35)36-17-10-7-11-18-36)25-28-40(44)50-42-26-24-34-30-47-51(43-27-23-33(29-45(50)52)48(42)49(34)43)41-21-12-13-22-46(41)54(47)37-19-14-20-39(31-37)55(3,4)5/h6-32H,1-5H3. The fraction of sp³-hybridized carbons (Fsp3) is 0.115. The summed E-state index contributed by atoms with van der Waals surface area (Å²) in [5.41, 5.74) is 12.5. The average molecular weight is 727 g/mol. The van der Waals surface area contributed by atoms with Crippen molar-refractivity contribution in [3.05, 3.63) is 175 Å². The number of nitrogens with zero attached hydrogens (tertiary/aromatic N) is 2. The van der Waals surface area contributed by atoms with E-state index in [-0.39, 0.29) is 5.41 Å². The molecule has 3 heteroatoms. The monoisotopic (exact) mass is 726 g/mol. The molecule has 1 aliphatic rings. The zero-order valence-electron chi connectivity index (χ0n) is 31.9. The first-order chi connectivity index (χ1) is 26.7. The van der Waals surface area contributed by atoms with Crippen LogP contribution in [0.4, 0.5) is 17.1 Å². The van der Waals surface area contributed by atoms with Crippen LogP contribution in [0.3, 0.4) is 0 Å². The highest BCUT2D eigenvalue weighted by atomic mass is 32.3. The number of para-hydroxylation sites is 3. The summed E-state index contributed by atoms with van der Waals surface area (Å²) in [4.78, 5) is 3.80. The minimum atomic E-state index is -0.881. The minimum Gasteiger partial charge on any atom is -0.310 e. The van der Waals surface area contributed by atoms with Crippen LogP contribution in [0.5, 0.6) is 0 Å². The van der Waals surface area contributed by atoms with Crippen LogP contribution in [-0.2, 0) is 5.41 Å². The first-order valence-electron chi connectivity index (χ1n) is 19.2. The van der Waals surface area contributed by atoms with Crippen LogP contribution in [0.1, 0.15) is 25.0 Å². The van der Waals surface area contributed by atoms with E-state index in [1.165, 1.54) is 92.6 Å². The molecule has 0 unspecified atom stereocenters. The van der Waals surface area contributed by atoms with Gasteiger partial charge >= 0.3 is 0 Å². The van der Waals surface area contributed by atoms with Gasteiger partial charge in [0.1, 0.15) is 0 Å². The lowest BCUT2D eigenvalue weighted by molar-refractivity contribution is 0.661. The van der Waals surface area contributed by atoms with Crippen LogP contribution in [0.15, 0.2) is 169 Å². The first kappa shape index (κ1) is 32.4. The van der Waals surface area contributed by atoms with E-state index < -0.39 is 10.0 Å². The van der Waals surface area contributed by atoms with Crippen molar-refractivity contribution in [2.24, 2.45) is 0 Å². The molecule has 0 fully saturated rings. The van der Waals surface area contributed by atoms with Gasteiger partial charge in [-0.2, -0.15) is 0 Å². The van der Waals surface area contributed by atoms with E-state index in [1.807, 2.05) is 0 Å². The maximum Gasteiger partial charge on any atom is 0.0553 e. The normalized spacial score (nSPS) is 14.0. The van der Waals surface area contributed by atoms with Gasteiger partial charge in [-0.05, 0) is 151 Å². The van der Waals surface area contributed by atoms with Gasteiger partial charge in [-0.3, -0.25) is 0 Å². The SMILES string of the molecule is CC1(C)c2cc(N(c3ccccc3)c3ccccc3)ccc2-c2c1cc1ccc3c4c(ccc2c14)cc1c3c2ccccc2n1-c1cccc(S(C)(C)C)c1. The molecule has 0 amide bonds. The molecule has 0 radical (unpaired) electrons. The predicted octanol–water partition coefficient (Wildman–Crippen LogP) is 14.5. The summed E-state index contributed by atoms with van der Waals surface area (Å²) in [5.74, 6) is 0. The number of rotatable bonds is 5. The van der Waals surface area contributed by atoms with Crippen LogP contribution in [0.25, 0.3) is 70.9 Å². The van der Waals surface area contributed by atoms with Gasteiger partial charge in [0.15, 0.2) is 0 Å². The third kappa shape index (κ3) is 4.63. The predicted molar refractivity (Wildman–Crippen MR) is 240 cm³/mol. The second-order valence-electron chi connectivity index (χ2n) is 16.5. The lowest BCUT2D eigenvalue weighted by atomic mass is 9.80. The summed E-state index contributed by atoms with van der Waals surface area (Å²) in [6.45, 7) is 4.81.